The molecule has 0 saturated carbocycles. The van der Waals surface area contributed by atoms with Crippen molar-refractivity contribution in [3.63, 3.8) is 0 Å². The van der Waals surface area contributed by atoms with Gasteiger partial charge in [-0.25, -0.2) is 0 Å². The Bertz CT molecular complexity index is 733. The molecule has 2 rings (SSSR count). The molecule has 0 radical (unpaired) electrons. The highest BCUT2D eigenvalue weighted by Gasteiger charge is 2.14. The quantitative estimate of drug-likeness (QED) is 0.633. The molecular formula is C16H15N3O. The number of nitriles is 1. The summed E-state index contributed by atoms with van der Waals surface area (Å²) in [5, 5.41) is 13.1. The number of aryl methyl sites for hydroxylation is 2. The van der Waals surface area contributed by atoms with Gasteiger partial charge in [0.1, 0.15) is 0 Å². The van der Waals surface area contributed by atoms with E-state index in [1.54, 1.807) is 29.0 Å². The Labute approximate surface area is 118 Å². The second kappa shape index (κ2) is 5.54. The molecule has 0 aliphatic carbocycles. The normalized spacial score (nSPS) is 10.7. The SMILES string of the molecule is Cc1nn(C)c(C)c1C(=O)C=Cc1cccc(C#N)c1. The molecule has 20 heavy (non-hydrogen) atoms. The number of aromatic nitrogens is 2. The predicted molar refractivity (Wildman–Crippen MR) is 77.2 cm³/mol. The van der Waals surface area contributed by atoms with E-state index in [1.165, 1.54) is 6.08 Å². The molecular weight excluding hydrogens is 250 g/mol. The van der Waals surface area contributed by atoms with E-state index in [0.29, 0.717) is 11.1 Å². The minimum absolute atomic E-state index is 0.0736. The third-order valence-electron chi connectivity index (χ3n) is 3.20. The van der Waals surface area contributed by atoms with Gasteiger partial charge in [0, 0.05) is 12.7 Å². The molecule has 1 heterocycles. The molecule has 4 nitrogen and oxygen atoms in total. The van der Waals surface area contributed by atoms with E-state index in [2.05, 4.69) is 11.2 Å². The van der Waals surface area contributed by atoms with Gasteiger partial charge in [-0.3, -0.25) is 9.48 Å². The van der Waals surface area contributed by atoms with Crippen LogP contribution in [0.25, 0.3) is 6.08 Å². The van der Waals surface area contributed by atoms with Crippen molar-refractivity contribution in [2.45, 2.75) is 13.8 Å². The van der Waals surface area contributed by atoms with Crippen molar-refractivity contribution < 1.29 is 4.79 Å². The number of benzene rings is 1. The van der Waals surface area contributed by atoms with Crippen molar-refractivity contribution >= 4 is 11.9 Å². The van der Waals surface area contributed by atoms with Crippen LogP contribution in [-0.4, -0.2) is 15.6 Å². The molecule has 0 spiro atoms. The fourth-order valence-corrected chi connectivity index (χ4v) is 2.10. The van der Waals surface area contributed by atoms with Crippen molar-refractivity contribution in [2.24, 2.45) is 7.05 Å². The van der Waals surface area contributed by atoms with Crippen LogP contribution in [0.15, 0.2) is 30.3 Å². The molecule has 0 aliphatic heterocycles. The molecule has 0 amide bonds. The van der Waals surface area contributed by atoms with Gasteiger partial charge in [-0.05, 0) is 37.6 Å². The van der Waals surface area contributed by atoms with Crippen molar-refractivity contribution in [2.75, 3.05) is 0 Å². The standard InChI is InChI=1S/C16H15N3O/c1-11-16(12(2)19(3)18-11)15(20)8-7-13-5-4-6-14(9-13)10-17/h4-9H,1-3H3. The number of hydrogen-bond acceptors (Lipinski definition) is 3. The molecule has 0 bridgehead atoms. The number of rotatable bonds is 3. The maximum atomic E-state index is 12.2. The maximum Gasteiger partial charge on any atom is 0.189 e. The topological polar surface area (TPSA) is 58.7 Å². The Balaban J connectivity index is 2.27. The zero-order chi connectivity index (χ0) is 14.7. The van der Waals surface area contributed by atoms with E-state index in [-0.39, 0.29) is 5.78 Å². The summed E-state index contributed by atoms with van der Waals surface area (Å²) in [5.41, 5.74) is 3.62. The predicted octanol–water partition coefficient (Wildman–Crippen LogP) is 2.80. The van der Waals surface area contributed by atoms with E-state index in [0.717, 1.165) is 17.0 Å². The molecule has 0 saturated heterocycles. The molecule has 2 aromatic rings. The van der Waals surface area contributed by atoms with Gasteiger partial charge in [0.2, 0.25) is 0 Å². The minimum atomic E-state index is -0.0736. The largest absolute Gasteiger partial charge is 0.289 e. The van der Waals surface area contributed by atoms with Crippen LogP contribution in [-0.2, 0) is 7.05 Å². The second-order valence-corrected chi connectivity index (χ2v) is 4.60. The molecule has 100 valence electrons. The lowest BCUT2D eigenvalue weighted by molar-refractivity contribution is 0.104. The van der Waals surface area contributed by atoms with Gasteiger partial charge < -0.3 is 0 Å². The Morgan fingerprint density at radius 2 is 2.15 bits per heavy atom. The molecule has 0 fully saturated rings. The molecule has 0 N–H and O–H groups in total. The molecule has 4 heteroatoms. The Morgan fingerprint density at radius 3 is 2.75 bits per heavy atom. The van der Waals surface area contributed by atoms with Gasteiger partial charge in [-0.1, -0.05) is 18.2 Å². The van der Waals surface area contributed by atoms with E-state index in [1.807, 2.05) is 27.0 Å². The number of carbonyl (C=O) groups is 1. The van der Waals surface area contributed by atoms with Gasteiger partial charge in [0.05, 0.1) is 22.9 Å². The monoisotopic (exact) mass is 265 g/mol. The first-order valence-electron chi connectivity index (χ1n) is 6.25. The first-order chi connectivity index (χ1) is 9.52. The summed E-state index contributed by atoms with van der Waals surface area (Å²) in [6.45, 7) is 3.70. The summed E-state index contributed by atoms with van der Waals surface area (Å²) in [6, 6.07) is 9.20. The van der Waals surface area contributed by atoms with Crippen LogP contribution in [0.2, 0.25) is 0 Å². The number of carbonyl (C=O) groups excluding carboxylic acids is 1. The fourth-order valence-electron chi connectivity index (χ4n) is 2.10. The lowest BCUT2D eigenvalue weighted by atomic mass is 10.1. The summed E-state index contributed by atoms with van der Waals surface area (Å²) in [7, 11) is 1.82. The zero-order valence-corrected chi connectivity index (χ0v) is 11.7. The van der Waals surface area contributed by atoms with E-state index < -0.39 is 0 Å². The lowest BCUT2D eigenvalue weighted by Crippen LogP contribution is -1.99. The van der Waals surface area contributed by atoms with Crippen LogP contribution >= 0.6 is 0 Å². The third-order valence-corrected chi connectivity index (χ3v) is 3.20. The van der Waals surface area contributed by atoms with E-state index >= 15 is 0 Å². The average molecular weight is 265 g/mol. The fraction of sp³-hybridized carbons (Fsp3) is 0.188. The lowest BCUT2D eigenvalue weighted by Gasteiger charge is -1.97. The molecule has 0 aliphatic rings. The van der Waals surface area contributed by atoms with Crippen LogP contribution in [0.5, 0.6) is 0 Å². The second-order valence-electron chi connectivity index (χ2n) is 4.60. The number of ketones is 1. The summed E-state index contributed by atoms with van der Waals surface area (Å²) in [4.78, 5) is 12.2. The van der Waals surface area contributed by atoms with E-state index in [9.17, 15) is 4.79 Å². The number of allylic oxidation sites excluding steroid dienone is 1. The Kier molecular flexibility index (Phi) is 3.81. The number of nitrogens with zero attached hydrogens (tertiary/aromatic N) is 3. The average Bonchev–Trinajstić information content (AvgIpc) is 2.70. The third kappa shape index (κ3) is 2.67. The summed E-state index contributed by atoms with van der Waals surface area (Å²) < 4.78 is 1.70. The Morgan fingerprint density at radius 1 is 1.40 bits per heavy atom. The van der Waals surface area contributed by atoms with Gasteiger partial charge in [-0.15, -0.1) is 0 Å². The molecule has 0 unspecified atom stereocenters. The smallest absolute Gasteiger partial charge is 0.189 e. The summed E-state index contributed by atoms with van der Waals surface area (Å²) >= 11 is 0. The van der Waals surface area contributed by atoms with Gasteiger partial charge >= 0.3 is 0 Å². The minimum Gasteiger partial charge on any atom is -0.289 e. The highest BCUT2D eigenvalue weighted by atomic mass is 16.1. The highest BCUT2D eigenvalue weighted by molar-refractivity contribution is 6.08. The van der Waals surface area contributed by atoms with Gasteiger partial charge in [0.15, 0.2) is 5.78 Å². The van der Waals surface area contributed by atoms with Crippen molar-refractivity contribution in [1.29, 1.82) is 5.26 Å². The van der Waals surface area contributed by atoms with Crippen molar-refractivity contribution in [3.8, 4) is 6.07 Å². The van der Waals surface area contributed by atoms with Crippen LogP contribution in [0.3, 0.4) is 0 Å². The van der Waals surface area contributed by atoms with Crippen LogP contribution in [0.4, 0.5) is 0 Å². The Hall–Kier alpha value is -2.67. The van der Waals surface area contributed by atoms with Crippen LogP contribution in [0, 0.1) is 25.2 Å². The number of hydrogen-bond donors (Lipinski definition) is 0. The van der Waals surface area contributed by atoms with E-state index in [4.69, 9.17) is 5.26 Å². The molecule has 1 aromatic heterocycles. The first-order valence-corrected chi connectivity index (χ1v) is 6.25. The maximum absolute atomic E-state index is 12.2. The first kappa shape index (κ1) is 13.8. The van der Waals surface area contributed by atoms with Crippen molar-refractivity contribution in [1.82, 2.24) is 9.78 Å². The highest BCUT2D eigenvalue weighted by Crippen LogP contribution is 2.14. The van der Waals surface area contributed by atoms with Crippen molar-refractivity contribution in [3.05, 3.63) is 58.4 Å². The molecule has 0 atom stereocenters. The van der Waals surface area contributed by atoms with Gasteiger partial charge in [-0.2, -0.15) is 10.4 Å². The zero-order valence-electron chi connectivity index (χ0n) is 11.7. The summed E-state index contributed by atoms with van der Waals surface area (Å²) in [5.74, 6) is -0.0736. The van der Waals surface area contributed by atoms with Gasteiger partial charge in [0.25, 0.3) is 0 Å². The van der Waals surface area contributed by atoms with Crippen LogP contribution in [0.1, 0.15) is 32.9 Å². The summed E-state index contributed by atoms with van der Waals surface area (Å²) in [6.07, 6.45) is 3.24. The van der Waals surface area contributed by atoms with Crippen LogP contribution < -0.4 is 0 Å². The molecule has 1 aromatic carbocycles.